The molecule has 0 aliphatic carbocycles. The van der Waals surface area contributed by atoms with E-state index in [9.17, 15) is 0 Å². The maximum Gasteiger partial charge on any atom is 0.133 e. The molecule has 0 amide bonds. The molecular formula is C13H18BrNO. The number of benzene rings is 1. The summed E-state index contributed by atoms with van der Waals surface area (Å²) >= 11 is 3.44. The van der Waals surface area contributed by atoms with E-state index in [2.05, 4.69) is 34.7 Å². The van der Waals surface area contributed by atoms with Gasteiger partial charge < -0.3 is 10.1 Å². The largest absolute Gasteiger partial charge is 0.488 e. The monoisotopic (exact) mass is 283 g/mol. The molecule has 2 nitrogen and oxygen atoms in total. The van der Waals surface area contributed by atoms with Crippen LogP contribution in [0.15, 0.2) is 40.9 Å². The summed E-state index contributed by atoms with van der Waals surface area (Å²) < 4.78 is 6.62. The van der Waals surface area contributed by atoms with Crippen LogP contribution >= 0.6 is 15.9 Å². The minimum atomic E-state index is 0.555. The number of nitrogens with one attached hydrogen (secondary N) is 1. The zero-order valence-corrected chi connectivity index (χ0v) is 11.2. The normalized spacial score (nSPS) is 10.1. The van der Waals surface area contributed by atoms with Crippen molar-refractivity contribution in [1.29, 1.82) is 0 Å². The Morgan fingerprint density at radius 1 is 1.44 bits per heavy atom. The third kappa shape index (κ3) is 4.81. The number of hydrogen-bond donors (Lipinski definition) is 1. The standard InChI is InChI=1S/C13H18BrNO/c1-3-8-15-9-11(2)10-16-13-7-5-4-6-12(13)14/h4-7,15H,2-3,8-10H2,1H3. The molecule has 1 aromatic carbocycles. The molecule has 1 aromatic rings. The highest BCUT2D eigenvalue weighted by Gasteiger charge is 2.00. The average molecular weight is 284 g/mol. The van der Waals surface area contributed by atoms with E-state index in [1.807, 2.05) is 24.3 Å². The van der Waals surface area contributed by atoms with E-state index in [0.29, 0.717) is 6.61 Å². The summed E-state index contributed by atoms with van der Waals surface area (Å²) in [4.78, 5) is 0. The Morgan fingerprint density at radius 2 is 2.19 bits per heavy atom. The lowest BCUT2D eigenvalue weighted by Crippen LogP contribution is -2.20. The summed E-state index contributed by atoms with van der Waals surface area (Å²) in [5.74, 6) is 0.860. The zero-order chi connectivity index (χ0) is 11.8. The van der Waals surface area contributed by atoms with E-state index in [4.69, 9.17) is 4.74 Å². The Balaban J connectivity index is 2.29. The summed E-state index contributed by atoms with van der Waals surface area (Å²) in [5.41, 5.74) is 1.06. The van der Waals surface area contributed by atoms with Crippen LogP contribution in [0.4, 0.5) is 0 Å². The molecule has 88 valence electrons. The van der Waals surface area contributed by atoms with Crippen LogP contribution < -0.4 is 10.1 Å². The third-order valence-corrected chi connectivity index (χ3v) is 2.73. The lowest BCUT2D eigenvalue weighted by atomic mass is 10.3. The van der Waals surface area contributed by atoms with Gasteiger partial charge in [0.2, 0.25) is 0 Å². The van der Waals surface area contributed by atoms with Gasteiger partial charge in [0.05, 0.1) is 4.47 Å². The van der Waals surface area contributed by atoms with Crippen molar-refractivity contribution in [2.45, 2.75) is 13.3 Å². The van der Waals surface area contributed by atoms with Crippen molar-refractivity contribution < 1.29 is 4.74 Å². The molecule has 0 spiro atoms. The van der Waals surface area contributed by atoms with Gasteiger partial charge in [0, 0.05) is 6.54 Å². The average Bonchev–Trinajstić information content (AvgIpc) is 2.28. The molecule has 0 saturated heterocycles. The van der Waals surface area contributed by atoms with Gasteiger partial charge in [-0.1, -0.05) is 25.6 Å². The van der Waals surface area contributed by atoms with Gasteiger partial charge >= 0.3 is 0 Å². The van der Waals surface area contributed by atoms with Crippen LogP contribution in [0.1, 0.15) is 13.3 Å². The molecule has 0 atom stereocenters. The fourth-order valence-corrected chi connectivity index (χ4v) is 1.63. The first-order valence-corrected chi connectivity index (χ1v) is 6.28. The van der Waals surface area contributed by atoms with Crippen molar-refractivity contribution in [3.05, 3.63) is 40.9 Å². The van der Waals surface area contributed by atoms with Crippen molar-refractivity contribution in [3.63, 3.8) is 0 Å². The Morgan fingerprint density at radius 3 is 2.88 bits per heavy atom. The van der Waals surface area contributed by atoms with Crippen LogP contribution in [0.3, 0.4) is 0 Å². The maximum atomic E-state index is 5.64. The highest BCUT2D eigenvalue weighted by atomic mass is 79.9. The highest BCUT2D eigenvalue weighted by molar-refractivity contribution is 9.10. The van der Waals surface area contributed by atoms with E-state index in [1.54, 1.807) is 0 Å². The van der Waals surface area contributed by atoms with Crippen LogP contribution in [0.25, 0.3) is 0 Å². The van der Waals surface area contributed by atoms with Gasteiger partial charge in [-0.15, -0.1) is 0 Å². The number of ether oxygens (including phenoxy) is 1. The molecule has 0 aliphatic rings. The number of para-hydroxylation sites is 1. The minimum Gasteiger partial charge on any atom is -0.488 e. The van der Waals surface area contributed by atoms with E-state index < -0.39 is 0 Å². The molecule has 16 heavy (non-hydrogen) atoms. The Kier molecular flexibility index (Phi) is 6.19. The number of halogens is 1. The van der Waals surface area contributed by atoms with E-state index >= 15 is 0 Å². The van der Waals surface area contributed by atoms with Gasteiger partial charge in [-0.05, 0) is 46.6 Å². The predicted octanol–water partition coefficient (Wildman–Crippen LogP) is 3.38. The maximum absolute atomic E-state index is 5.64. The SMILES string of the molecule is C=C(CNCCC)COc1ccccc1Br. The summed E-state index contributed by atoms with van der Waals surface area (Å²) in [6, 6.07) is 7.83. The van der Waals surface area contributed by atoms with Crippen LogP contribution in [0, 0.1) is 0 Å². The smallest absolute Gasteiger partial charge is 0.133 e. The van der Waals surface area contributed by atoms with Crippen molar-refractivity contribution in [2.24, 2.45) is 0 Å². The molecule has 0 bridgehead atoms. The third-order valence-electron chi connectivity index (χ3n) is 2.07. The number of rotatable bonds is 7. The second-order valence-electron chi connectivity index (χ2n) is 3.65. The molecule has 0 aliphatic heterocycles. The lowest BCUT2D eigenvalue weighted by molar-refractivity contribution is 0.346. The first kappa shape index (κ1) is 13.3. The molecule has 0 aromatic heterocycles. The summed E-state index contributed by atoms with van der Waals surface area (Å²) in [6.45, 7) is 8.51. The van der Waals surface area contributed by atoms with Crippen LogP contribution in [0.5, 0.6) is 5.75 Å². The van der Waals surface area contributed by atoms with E-state index in [1.165, 1.54) is 0 Å². The second kappa shape index (κ2) is 7.47. The fraction of sp³-hybridized carbons (Fsp3) is 0.385. The van der Waals surface area contributed by atoms with Gasteiger partial charge in [-0.2, -0.15) is 0 Å². The quantitative estimate of drug-likeness (QED) is 0.612. The molecule has 0 radical (unpaired) electrons. The summed E-state index contributed by atoms with van der Waals surface area (Å²) in [7, 11) is 0. The molecule has 0 unspecified atom stereocenters. The summed E-state index contributed by atoms with van der Waals surface area (Å²) in [5, 5.41) is 3.29. The molecular weight excluding hydrogens is 266 g/mol. The lowest BCUT2D eigenvalue weighted by Gasteiger charge is -2.10. The fourth-order valence-electron chi connectivity index (χ4n) is 1.23. The molecule has 0 saturated carbocycles. The van der Waals surface area contributed by atoms with E-state index in [-0.39, 0.29) is 0 Å². The van der Waals surface area contributed by atoms with Crippen LogP contribution in [-0.2, 0) is 0 Å². The van der Waals surface area contributed by atoms with Crippen LogP contribution in [-0.4, -0.2) is 19.7 Å². The topological polar surface area (TPSA) is 21.3 Å². The zero-order valence-electron chi connectivity index (χ0n) is 9.63. The van der Waals surface area contributed by atoms with Crippen LogP contribution in [0.2, 0.25) is 0 Å². The first-order valence-electron chi connectivity index (χ1n) is 5.48. The predicted molar refractivity (Wildman–Crippen MR) is 71.9 cm³/mol. The molecule has 1 N–H and O–H groups in total. The van der Waals surface area contributed by atoms with Gasteiger partial charge in [-0.25, -0.2) is 0 Å². The van der Waals surface area contributed by atoms with Crippen molar-refractivity contribution >= 4 is 15.9 Å². The van der Waals surface area contributed by atoms with Gasteiger partial charge in [0.25, 0.3) is 0 Å². The number of hydrogen-bond acceptors (Lipinski definition) is 2. The molecule has 0 heterocycles. The Bertz CT molecular complexity index is 338. The van der Waals surface area contributed by atoms with Crippen molar-refractivity contribution in [2.75, 3.05) is 19.7 Å². The molecule has 1 rings (SSSR count). The van der Waals surface area contributed by atoms with Gasteiger partial charge in [0.1, 0.15) is 12.4 Å². The molecule has 0 fully saturated rings. The molecule has 3 heteroatoms. The van der Waals surface area contributed by atoms with Gasteiger partial charge in [-0.3, -0.25) is 0 Å². The second-order valence-corrected chi connectivity index (χ2v) is 4.50. The first-order chi connectivity index (χ1) is 7.74. The van der Waals surface area contributed by atoms with E-state index in [0.717, 1.165) is 35.3 Å². The van der Waals surface area contributed by atoms with Crippen molar-refractivity contribution in [3.8, 4) is 5.75 Å². The summed E-state index contributed by atoms with van der Waals surface area (Å²) in [6.07, 6.45) is 1.14. The Hall–Kier alpha value is -0.800. The van der Waals surface area contributed by atoms with Crippen molar-refractivity contribution in [1.82, 2.24) is 5.32 Å². The highest BCUT2D eigenvalue weighted by Crippen LogP contribution is 2.23. The Labute approximate surface area is 106 Å². The minimum absolute atomic E-state index is 0.555. The van der Waals surface area contributed by atoms with Gasteiger partial charge in [0.15, 0.2) is 0 Å².